The summed E-state index contributed by atoms with van der Waals surface area (Å²) in [7, 11) is 0. The molecular formula is C15H22N2O3. The Morgan fingerprint density at radius 2 is 2.25 bits per heavy atom. The van der Waals surface area contributed by atoms with Gasteiger partial charge in [-0.1, -0.05) is 12.1 Å². The predicted molar refractivity (Wildman–Crippen MR) is 77.5 cm³/mol. The predicted octanol–water partition coefficient (Wildman–Crippen LogP) is 2.12. The van der Waals surface area contributed by atoms with Gasteiger partial charge in [0.15, 0.2) is 0 Å². The summed E-state index contributed by atoms with van der Waals surface area (Å²) in [6.07, 6.45) is 0.949. The molecule has 0 spiro atoms. The van der Waals surface area contributed by atoms with E-state index in [0.29, 0.717) is 25.2 Å². The second-order valence-corrected chi connectivity index (χ2v) is 5.75. The second kappa shape index (κ2) is 5.81. The van der Waals surface area contributed by atoms with Gasteiger partial charge in [0.05, 0.1) is 18.2 Å². The lowest BCUT2D eigenvalue weighted by Gasteiger charge is -2.36. The van der Waals surface area contributed by atoms with Crippen LogP contribution in [0.3, 0.4) is 0 Å². The maximum Gasteiger partial charge on any atom is 0.321 e. The molecular weight excluding hydrogens is 256 g/mol. The van der Waals surface area contributed by atoms with E-state index in [0.717, 1.165) is 12.0 Å². The lowest BCUT2D eigenvalue weighted by atomic mass is 9.95. The molecule has 1 aromatic rings. The van der Waals surface area contributed by atoms with Crippen LogP contribution in [0.25, 0.3) is 0 Å². The number of carbonyl (C=O) groups is 1. The monoisotopic (exact) mass is 278 g/mol. The number of urea groups is 1. The number of β-amino-alcohol motifs (C(OH)–C–C–N with tert-alkyl or cyclic N) is 1. The van der Waals surface area contributed by atoms with Gasteiger partial charge in [0.25, 0.3) is 0 Å². The smallest absolute Gasteiger partial charge is 0.321 e. The highest BCUT2D eigenvalue weighted by Gasteiger charge is 2.30. The summed E-state index contributed by atoms with van der Waals surface area (Å²) in [5.74, 6) is 0. The van der Waals surface area contributed by atoms with Crippen LogP contribution in [0.2, 0.25) is 0 Å². The first kappa shape index (κ1) is 14.8. The van der Waals surface area contributed by atoms with Gasteiger partial charge in [-0.3, -0.25) is 0 Å². The highest BCUT2D eigenvalue weighted by molar-refractivity contribution is 5.89. The maximum absolute atomic E-state index is 12.2. The first-order valence-corrected chi connectivity index (χ1v) is 6.94. The summed E-state index contributed by atoms with van der Waals surface area (Å²) in [6, 6.07) is 6.93. The Bertz CT molecular complexity index is 486. The van der Waals surface area contributed by atoms with Crippen molar-refractivity contribution in [3.63, 3.8) is 0 Å². The van der Waals surface area contributed by atoms with E-state index in [1.165, 1.54) is 0 Å². The largest absolute Gasteiger partial charge is 0.389 e. The number of rotatable bonds is 2. The zero-order valence-corrected chi connectivity index (χ0v) is 12.0. The molecule has 1 fully saturated rings. The van der Waals surface area contributed by atoms with E-state index in [9.17, 15) is 15.0 Å². The molecule has 3 N–H and O–H groups in total. The van der Waals surface area contributed by atoms with Gasteiger partial charge in [-0.25, -0.2) is 4.79 Å². The molecule has 2 amide bonds. The van der Waals surface area contributed by atoms with Crippen molar-refractivity contribution in [2.45, 2.75) is 38.4 Å². The average Bonchev–Trinajstić information content (AvgIpc) is 2.37. The van der Waals surface area contributed by atoms with E-state index in [1.807, 2.05) is 6.07 Å². The van der Waals surface area contributed by atoms with Crippen LogP contribution in [0.4, 0.5) is 10.5 Å². The lowest BCUT2D eigenvalue weighted by molar-refractivity contribution is -0.000635. The quantitative estimate of drug-likeness (QED) is 0.776. The highest BCUT2D eigenvalue weighted by atomic mass is 16.3. The van der Waals surface area contributed by atoms with Gasteiger partial charge in [0, 0.05) is 12.2 Å². The van der Waals surface area contributed by atoms with E-state index in [-0.39, 0.29) is 6.03 Å². The fraction of sp³-hybridized carbons (Fsp3) is 0.533. The van der Waals surface area contributed by atoms with Gasteiger partial charge >= 0.3 is 6.03 Å². The molecule has 2 rings (SSSR count). The molecule has 0 aliphatic carbocycles. The first-order chi connectivity index (χ1) is 9.37. The first-order valence-electron chi connectivity index (χ1n) is 6.94. The summed E-state index contributed by atoms with van der Waals surface area (Å²) in [6.45, 7) is 4.43. The Kier molecular flexibility index (Phi) is 4.30. The fourth-order valence-electron chi connectivity index (χ4n) is 2.47. The minimum absolute atomic E-state index is 0.215. The molecule has 0 saturated carbocycles. The van der Waals surface area contributed by atoms with Crippen molar-refractivity contribution in [1.29, 1.82) is 0 Å². The van der Waals surface area contributed by atoms with Crippen molar-refractivity contribution in [2.24, 2.45) is 0 Å². The van der Waals surface area contributed by atoms with Crippen LogP contribution in [-0.2, 0) is 0 Å². The van der Waals surface area contributed by atoms with E-state index in [1.54, 1.807) is 36.9 Å². The number of aliphatic hydroxyl groups is 2. The van der Waals surface area contributed by atoms with Crippen LogP contribution >= 0.6 is 0 Å². The number of hydrogen-bond acceptors (Lipinski definition) is 3. The third-order valence-corrected chi connectivity index (χ3v) is 3.58. The topological polar surface area (TPSA) is 72.8 Å². The molecule has 0 aromatic heterocycles. The van der Waals surface area contributed by atoms with Gasteiger partial charge in [0.1, 0.15) is 0 Å². The van der Waals surface area contributed by atoms with Crippen LogP contribution in [0.1, 0.15) is 38.4 Å². The Morgan fingerprint density at radius 1 is 1.50 bits per heavy atom. The van der Waals surface area contributed by atoms with Gasteiger partial charge in [0.2, 0.25) is 0 Å². The van der Waals surface area contributed by atoms with E-state index < -0.39 is 11.7 Å². The van der Waals surface area contributed by atoms with Crippen molar-refractivity contribution < 1.29 is 15.0 Å². The molecule has 110 valence electrons. The zero-order valence-electron chi connectivity index (χ0n) is 12.0. The highest BCUT2D eigenvalue weighted by Crippen LogP contribution is 2.22. The minimum Gasteiger partial charge on any atom is -0.389 e. The number of aliphatic hydroxyl groups excluding tert-OH is 1. The van der Waals surface area contributed by atoms with Crippen LogP contribution in [0.5, 0.6) is 0 Å². The summed E-state index contributed by atoms with van der Waals surface area (Å²) < 4.78 is 0. The zero-order chi connectivity index (χ0) is 14.8. The number of carbonyl (C=O) groups excluding carboxylic acids is 1. The number of piperidine rings is 1. The summed E-state index contributed by atoms with van der Waals surface area (Å²) in [4.78, 5) is 13.8. The molecule has 0 bridgehead atoms. The average molecular weight is 278 g/mol. The van der Waals surface area contributed by atoms with Crippen LogP contribution in [-0.4, -0.2) is 39.8 Å². The summed E-state index contributed by atoms with van der Waals surface area (Å²) in [5.41, 5.74) is 0.601. The standard InChI is InChI=1S/C15H22N2O3/c1-11(18)12-5-3-6-13(9-12)16-14(19)17-8-4-7-15(2,20)10-17/h3,5-6,9,11,18,20H,4,7-8,10H2,1-2H3,(H,16,19). The van der Waals surface area contributed by atoms with Crippen LogP contribution in [0.15, 0.2) is 24.3 Å². The van der Waals surface area contributed by atoms with Gasteiger partial charge in [-0.05, 0) is 44.4 Å². The number of amides is 2. The summed E-state index contributed by atoms with van der Waals surface area (Å²) in [5, 5.41) is 22.4. The normalized spacial score (nSPS) is 24.3. The van der Waals surface area contributed by atoms with Crippen molar-refractivity contribution in [1.82, 2.24) is 4.90 Å². The van der Waals surface area contributed by atoms with Crippen molar-refractivity contribution in [3.05, 3.63) is 29.8 Å². The summed E-state index contributed by atoms with van der Waals surface area (Å²) >= 11 is 0. The fourth-order valence-corrected chi connectivity index (χ4v) is 2.47. The number of nitrogens with zero attached hydrogens (tertiary/aromatic N) is 1. The Hall–Kier alpha value is -1.59. The molecule has 0 radical (unpaired) electrons. The van der Waals surface area contributed by atoms with E-state index in [4.69, 9.17) is 0 Å². The number of nitrogens with one attached hydrogen (secondary N) is 1. The van der Waals surface area contributed by atoms with Crippen molar-refractivity contribution >= 4 is 11.7 Å². The lowest BCUT2D eigenvalue weighted by Crippen LogP contribution is -2.49. The maximum atomic E-state index is 12.2. The van der Waals surface area contributed by atoms with Gasteiger partial charge < -0.3 is 20.4 Å². The Morgan fingerprint density at radius 3 is 2.90 bits per heavy atom. The van der Waals surface area contributed by atoms with Gasteiger partial charge in [-0.15, -0.1) is 0 Å². The molecule has 5 nitrogen and oxygen atoms in total. The van der Waals surface area contributed by atoms with Crippen LogP contribution in [0, 0.1) is 0 Å². The molecule has 1 aliphatic rings. The number of likely N-dealkylation sites (tertiary alicyclic amines) is 1. The van der Waals surface area contributed by atoms with E-state index >= 15 is 0 Å². The SMILES string of the molecule is CC(O)c1cccc(NC(=O)N2CCCC(C)(O)C2)c1. The third kappa shape index (κ3) is 3.71. The molecule has 20 heavy (non-hydrogen) atoms. The van der Waals surface area contributed by atoms with Crippen LogP contribution < -0.4 is 5.32 Å². The molecule has 1 aromatic carbocycles. The second-order valence-electron chi connectivity index (χ2n) is 5.75. The Labute approximate surface area is 119 Å². The number of anilines is 1. The molecule has 2 atom stereocenters. The minimum atomic E-state index is -0.808. The van der Waals surface area contributed by atoms with Gasteiger partial charge in [-0.2, -0.15) is 0 Å². The van der Waals surface area contributed by atoms with E-state index in [2.05, 4.69) is 5.32 Å². The molecule has 5 heteroatoms. The third-order valence-electron chi connectivity index (χ3n) is 3.58. The molecule has 1 saturated heterocycles. The van der Waals surface area contributed by atoms with Crippen molar-refractivity contribution in [2.75, 3.05) is 18.4 Å². The Balaban J connectivity index is 2.02. The molecule has 1 aliphatic heterocycles. The molecule has 2 unspecified atom stereocenters. The van der Waals surface area contributed by atoms with Crippen molar-refractivity contribution in [3.8, 4) is 0 Å². The number of benzene rings is 1. The number of hydrogen-bond donors (Lipinski definition) is 3. The molecule has 1 heterocycles.